The summed E-state index contributed by atoms with van der Waals surface area (Å²) in [6.45, 7) is 7.76. The van der Waals surface area contributed by atoms with Crippen molar-refractivity contribution >= 4 is 6.03 Å². The van der Waals surface area contributed by atoms with Crippen LogP contribution in [0.2, 0.25) is 0 Å². The third kappa shape index (κ3) is 3.54. The van der Waals surface area contributed by atoms with Crippen molar-refractivity contribution in [2.75, 3.05) is 33.2 Å². The second-order valence-corrected chi connectivity index (χ2v) is 4.25. The largest absolute Gasteiger partial charge is 0.336 e. The second-order valence-electron chi connectivity index (χ2n) is 4.25. The molecule has 1 aliphatic rings. The topological polar surface area (TPSA) is 35.6 Å². The first kappa shape index (κ1) is 11.3. The van der Waals surface area contributed by atoms with Gasteiger partial charge < -0.3 is 15.1 Å². The van der Waals surface area contributed by atoms with Crippen LogP contribution in [0.15, 0.2) is 0 Å². The average Bonchev–Trinajstić information content (AvgIpc) is 2.28. The summed E-state index contributed by atoms with van der Waals surface area (Å²) in [5.74, 6) is 0. The van der Waals surface area contributed by atoms with Gasteiger partial charge >= 0.3 is 6.03 Å². The lowest BCUT2D eigenvalue weighted by atomic mass is 10.4. The fraction of sp³-hybridized carbons (Fsp3) is 0.900. The van der Waals surface area contributed by atoms with E-state index in [1.165, 1.54) is 0 Å². The molecule has 1 rings (SSSR count). The summed E-state index contributed by atoms with van der Waals surface area (Å²) in [5, 5.41) is 2.92. The van der Waals surface area contributed by atoms with Crippen LogP contribution in [0.25, 0.3) is 0 Å². The first-order valence-electron chi connectivity index (χ1n) is 5.33. The van der Waals surface area contributed by atoms with E-state index in [1.807, 2.05) is 18.7 Å². The van der Waals surface area contributed by atoms with Gasteiger partial charge in [0, 0.05) is 25.7 Å². The number of carbonyl (C=O) groups excluding carboxylic acids is 1. The molecule has 4 nitrogen and oxygen atoms in total. The molecule has 0 aromatic heterocycles. The van der Waals surface area contributed by atoms with Gasteiger partial charge in [-0.25, -0.2) is 4.79 Å². The van der Waals surface area contributed by atoms with Gasteiger partial charge in [-0.15, -0.1) is 0 Å². The SMILES string of the molecule is CC(C)NC(=O)N1CCCN(C)CC1. The maximum absolute atomic E-state index is 11.7. The van der Waals surface area contributed by atoms with E-state index in [0.717, 1.165) is 32.6 Å². The van der Waals surface area contributed by atoms with Crippen LogP contribution in [0, 0.1) is 0 Å². The van der Waals surface area contributed by atoms with Gasteiger partial charge in [-0.3, -0.25) is 0 Å². The summed E-state index contributed by atoms with van der Waals surface area (Å²) in [5.41, 5.74) is 0. The van der Waals surface area contributed by atoms with Gasteiger partial charge in [-0.1, -0.05) is 0 Å². The number of carbonyl (C=O) groups is 1. The molecule has 1 N–H and O–H groups in total. The van der Waals surface area contributed by atoms with Crippen molar-refractivity contribution in [1.82, 2.24) is 15.1 Å². The van der Waals surface area contributed by atoms with E-state index < -0.39 is 0 Å². The van der Waals surface area contributed by atoms with Gasteiger partial charge in [0.1, 0.15) is 0 Å². The van der Waals surface area contributed by atoms with Crippen LogP contribution in [-0.4, -0.2) is 55.1 Å². The molecule has 0 spiro atoms. The molecule has 0 atom stereocenters. The van der Waals surface area contributed by atoms with Crippen molar-refractivity contribution in [3.05, 3.63) is 0 Å². The second kappa shape index (κ2) is 5.20. The predicted octanol–water partition coefficient (Wildman–Crippen LogP) is 0.742. The Morgan fingerprint density at radius 1 is 1.21 bits per heavy atom. The van der Waals surface area contributed by atoms with Crippen molar-refractivity contribution in [3.8, 4) is 0 Å². The molecule has 82 valence electrons. The fourth-order valence-electron chi connectivity index (χ4n) is 1.59. The summed E-state index contributed by atoms with van der Waals surface area (Å²) in [6, 6.07) is 0.304. The van der Waals surface area contributed by atoms with Crippen LogP contribution < -0.4 is 5.32 Å². The average molecular weight is 199 g/mol. The van der Waals surface area contributed by atoms with Gasteiger partial charge in [0.2, 0.25) is 0 Å². The molecule has 1 aliphatic heterocycles. The number of likely N-dealkylation sites (N-methyl/N-ethyl adjacent to an activating group) is 1. The minimum absolute atomic E-state index is 0.0790. The van der Waals surface area contributed by atoms with E-state index in [-0.39, 0.29) is 12.1 Å². The molecule has 1 fully saturated rings. The van der Waals surface area contributed by atoms with Gasteiger partial charge in [-0.05, 0) is 33.9 Å². The Morgan fingerprint density at radius 2 is 1.93 bits per heavy atom. The molecule has 1 saturated heterocycles. The summed E-state index contributed by atoms with van der Waals surface area (Å²) in [4.78, 5) is 15.8. The van der Waals surface area contributed by atoms with Gasteiger partial charge in [0.15, 0.2) is 0 Å². The zero-order valence-corrected chi connectivity index (χ0v) is 9.42. The highest BCUT2D eigenvalue weighted by Crippen LogP contribution is 2.01. The Hall–Kier alpha value is -0.770. The summed E-state index contributed by atoms with van der Waals surface area (Å²) in [6.07, 6.45) is 1.07. The van der Waals surface area contributed by atoms with Gasteiger partial charge in [-0.2, -0.15) is 0 Å². The Kier molecular flexibility index (Phi) is 4.20. The van der Waals surface area contributed by atoms with Crippen molar-refractivity contribution in [1.29, 1.82) is 0 Å². The van der Waals surface area contributed by atoms with Gasteiger partial charge in [0.25, 0.3) is 0 Å². The minimum Gasteiger partial charge on any atom is -0.336 e. The molecule has 0 bridgehead atoms. The van der Waals surface area contributed by atoms with Crippen molar-refractivity contribution in [2.45, 2.75) is 26.3 Å². The maximum atomic E-state index is 11.7. The first-order chi connectivity index (χ1) is 6.59. The highest BCUT2D eigenvalue weighted by molar-refractivity contribution is 5.74. The normalized spacial score (nSPS) is 19.6. The molecule has 4 heteroatoms. The van der Waals surface area contributed by atoms with Crippen LogP contribution >= 0.6 is 0 Å². The highest BCUT2D eigenvalue weighted by Gasteiger charge is 2.17. The number of rotatable bonds is 1. The fourth-order valence-corrected chi connectivity index (χ4v) is 1.59. The molecule has 0 unspecified atom stereocenters. The third-order valence-corrected chi connectivity index (χ3v) is 2.42. The van der Waals surface area contributed by atoms with E-state index in [4.69, 9.17) is 0 Å². The van der Waals surface area contributed by atoms with E-state index >= 15 is 0 Å². The molecule has 0 aliphatic carbocycles. The lowest BCUT2D eigenvalue weighted by molar-refractivity contribution is 0.197. The molecule has 1 heterocycles. The third-order valence-electron chi connectivity index (χ3n) is 2.42. The highest BCUT2D eigenvalue weighted by atomic mass is 16.2. The van der Waals surface area contributed by atoms with E-state index in [0.29, 0.717) is 0 Å². The molecular weight excluding hydrogens is 178 g/mol. The molecule has 0 aromatic rings. The predicted molar refractivity (Wildman–Crippen MR) is 57.4 cm³/mol. The Balaban J connectivity index is 2.39. The number of nitrogens with one attached hydrogen (secondary N) is 1. The maximum Gasteiger partial charge on any atom is 0.317 e. The zero-order valence-electron chi connectivity index (χ0n) is 9.42. The van der Waals surface area contributed by atoms with Crippen LogP contribution in [0.5, 0.6) is 0 Å². The Labute approximate surface area is 86.2 Å². The molecule has 2 amide bonds. The Morgan fingerprint density at radius 3 is 2.57 bits per heavy atom. The quantitative estimate of drug-likeness (QED) is 0.676. The minimum atomic E-state index is 0.0790. The van der Waals surface area contributed by atoms with Crippen molar-refractivity contribution in [2.24, 2.45) is 0 Å². The monoisotopic (exact) mass is 199 g/mol. The first-order valence-corrected chi connectivity index (χ1v) is 5.33. The number of nitrogens with zero attached hydrogens (tertiary/aromatic N) is 2. The molecule has 0 aromatic carbocycles. The standard InChI is InChI=1S/C10H21N3O/c1-9(2)11-10(14)13-6-4-5-12(3)7-8-13/h9H,4-8H2,1-3H3,(H,11,14). The summed E-state index contributed by atoms with van der Waals surface area (Å²) < 4.78 is 0. The van der Waals surface area contributed by atoms with E-state index in [2.05, 4.69) is 17.3 Å². The zero-order chi connectivity index (χ0) is 10.6. The number of amides is 2. The van der Waals surface area contributed by atoms with E-state index in [9.17, 15) is 4.79 Å². The van der Waals surface area contributed by atoms with Crippen LogP contribution in [-0.2, 0) is 0 Å². The summed E-state index contributed by atoms with van der Waals surface area (Å²) in [7, 11) is 2.10. The van der Waals surface area contributed by atoms with Gasteiger partial charge in [0.05, 0.1) is 0 Å². The molecule has 0 saturated carbocycles. The summed E-state index contributed by atoms with van der Waals surface area (Å²) >= 11 is 0. The molecular formula is C10H21N3O. The number of hydrogen-bond donors (Lipinski definition) is 1. The van der Waals surface area contributed by atoms with Crippen LogP contribution in [0.3, 0.4) is 0 Å². The van der Waals surface area contributed by atoms with Crippen LogP contribution in [0.4, 0.5) is 4.79 Å². The van der Waals surface area contributed by atoms with Crippen molar-refractivity contribution < 1.29 is 4.79 Å². The Bertz CT molecular complexity index is 194. The molecule has 14 heavy (non-hydrogen) atoms. The van der Waals surface area contributed by atoms with Crippen LogP contribution in [0.1, 0.15) is 20.3 Å². The van der Waals surface area contributed by atoms with E-state index in [1.54, 1.807) is 0 Å². The van der Waals surface area contributed by atoms with Crippen molar-refractivity contribution in [3.63, 3.8) is 0 Å². The number of hydrogen-bond acceptors (Lipinski definition) is 2. The smallest absolute Gasteiger partial charge is 0.317 e. The molecule has 0 radical (unpaired) electrons. The number of urea groups is 1. The lowest BCUT2D eigenvalue weighted by Crippen LogP contribution is -2.44. The lowest BCUT2D eigenvalue weighted by Gasteiger charge is -2.22.